The van der Waals surface area contributed by atoms with E-state index in [1.54, 1.807) is 0 Å². The Hall–Kier alpha value is -0.800. The van der Waals surface area contributed by atoms with Gasteiger partial charge in [-0.25, -0.2) is 0 Å². The van der Waals surface area contributed by atoms with E-state index in [1.807, 2.05) is 17.7 Å². The molecule has 0 aromatic carbocycles. The van der Waals surface area contributed by atoms with Gasteiger partial charge in [-0.15, -0.1) is 0 Å². The fraction of sp³-hybridized carbons (Fsp3) is 0.636. The van der Waals surface area contributed by atoms with Gasteiger partial charge in [0.25, 0.3) is 0 Å². The SMILES string of the molecule is CCOCn1ccc(C(N)C2CC2)c1. The second-order valence-electron chi connectivity index (χ2n) is 3.94. The van der Waals surface area contributed by atoms with E-state index in [0.717, 1.165) is 12.5 Å². The third-order valence-corrected chi connectivity index (χ3v) is 2.73. The molecule has 1 atom stereocenters. The molecule has 1 aliphatic rings. The van der Waals surface area contributed by atoms with Crippen molar-refractivity contribution in [1.29, 1.82) is 0 Å². The van der Waals surface area contributed by atoms with E-state index >= 15 is 0 Å². The summed E-state index contributed by atoms with van der Waals surface area (Å²) >= 11 is 0. The molecule has 0 aliphatic heterocycles. The molecule has 2 N–H and O–H groups in total. The molecule has 0 spiro atoms. The molecule has 0 amide bonds. The first-order valence-electron chi connectivity index (χ1n) is 5.30. The van der Waals surface area contributed by atoms with Crippen LogP contribution in [0.5, 0.6) is 0 Å². The number of nitrogens with zero attached hydrogens (tertiary/aromatic N) is 1. The lowest BCUT2D eigenvalue weighted by molar-refractivity contribution is 0.0880. The lowest BCUT2D eigenvalue weighted by Gasteiger charge is -2.07. The van der Waals surface area contributed by atoms with Crippen LogP contribution < -0.4 is 5.73 Å². The van der Waals surface area contributed by atoms with Crippen molar-refractivity contribution in [3.8, 4) is 0 Å². The Labute approximate surface area is 84.9 Å². The summed E-state index contributed by atoms with van der Waals surface area (Å²) in [6.45, 7) is 3.39. The number of ether oxygens (including phenoxy) is 1. The van der Waals surface area contributed by atoms with Crippen molar-refractivity contribution in [3.05, 3.63) is 24.0 Å². The molecule has 1 unspecified atom stereocenters. The monoisotopic (exact) mass is 194 g/mol. The Bertz CT molecular complexity index is 291. The molecule has 1 fully saturated rings. The molecule has 1 saturated carbocycles. The molecule has 0 bridgehead atoms. The summed E-state index contributed by atoms with van der Waals surface area (Å²) in [7, 11) is 0. The lowest BCUT2D eigenvalue weighted by Crippen LogP contribution is -2.11. The van der Waals surface area contributed by atoms with Crippen LogP contribution in [0.15, 0.2) is 18.5 Å². The summed E-state index contributed by atoms with van der Waals surface area (Å²) in [6, 6.07) is 2.33. The maximum atomic E-state index is 6.09. The summed E-state index contributed by atoms with van der Waals surface area (Å²) in [5.74, 6) is 0.720. The van der Waals surface area contributed by atoms with Crippen molar-refractivity contribution in [2.75, 3.05) is 6.61 Å². The zero-order chi connectivity index (χ0) is 9.97. The smallest absolute Gasteiger partial charge is 0.122 e. The van der Waals surface area contributed by atoms with Crippen molar-refractivity contribution >= 4 is 0 Å². The van der Waals surface area contributed by atoms with E-state index in [1.165, 1.54) is 18.4 Å². The minimum Gasteiger partial charge on any atom is -0.361 e. The Kier molecular flexibility index (Phi) is 2.89. The van der Waals surface area contributed by atoms with E-state index in [-0.39, 0.29) is 6.04 Å². The molecule has 78 valence electrons. The van der Waals surface area contributed by atoms with Crippen LogP contribution in [0, 0.1) is 5.92 Å². The van der Waals surface area contributed by atoms with Gasteiger partial charge in [0, 0.05) is 25.0 Å². The fourth-order valence-electron chi connectivity index (χ4n) is 1.66. The van der Waals surface area contributed by atoms with Crippen molar-refractivity contribution in [1.82, 2.24) is 4.57 Å². The summed E-state index contributed by atoms with van der Waals surface area (Å²) in [5, 5.41) is 0. The molecule has 2 rings (SSSR count). The zero-order valence-electron chi connectivity index (χ0n) is 8.65. The Morgan fingerprint density at radius 3 is 3.07 bits per heavy atom. The van der Waals surface area contributed by atoms with Crippen LogP contribution in [0.3, 0.4) is 0 Å². The summed E-state index contributed by atoms with van der Waals surface area (Å²) in [6.07, 6.45) is 6.71. The molecule has 1 aliphatic carbocycles. The van der Waals surface area contributed by atoms with Gasteiger partial charge in [0.2, 0.25) is 0 Å². The van der Waals surface area contributed by atoms with Crippen LogP contribution in [-0.2, 0) is 11.5 Å². The number of aromatic nitrogens is 1. The van der Waals surface area contributed by atoms with Crippen molar-refractivity contribution < 1.29 is 4.74 Å². The maximum absolute atomic E-state index is 6.09. The molecule has 0 saturated heterocycles. The highest BCUT2D eigenvalue weighted by atomic mass is 16.5. The second-order valence-corrected chi connectivity index (χ2v) is 3.94. The van der Waals surface area contributed by atoms with E-state index in [0.29, 0.717) is 6.73 Å². The molecule has 3 heteroatoms. The van der Waals surface area contributed by atoms with Gasteiger partial charge in [-0.2, -0.15) is 0 Å². The fourth-order valence-corrected chi connectivity index (χ4v) is 1.66. The second kappa shape index (κ2) is 4.15. The largest absolute Gasteiger partial charge is 0.361 e. The number of hydrogen-bond acceptors (Lipinski definition) is 2. The molecule has 1 aromatic heterocycles. The van der Waals surface area contributed by atoms with E-state index < -0.39 is 0 Å². The Morgan fingerprint density at radius 2 is 2.43 bits per heavy atom. The van der Waals surface area contributed by atoms with E-state index in [4.69, 9.17) is 10.5 Å². The highest BCUT2D eigenvalue weighted by molar-refractivity contribution is 5.17. The predicted molar refractivity (Wildman–Crippen MR) is 55.7 cm³/mol. The van der Waals surface area contributed by atoms with Gasteiger partial charge in [0.05, 0.1) is 0 Å². The Balaban J connectivity index is 1.94. The van der Waals surface area contributed by atoms with Gasteiger partial charge in [0.1, 0.15) is 6.73 Å². The van der Waals surface area contributed by atoms with Crippen molar-refractivity contribution in [2.45, 2.75) is 32.5 Å². The van der Waals surface area contributed by atoms with Gasteiger partial charge in [-0.05, 0) is 37.3 Å². The normalized spacial score (nSPS) is 18.4. The van der Waals surface area contributed by atoms with Gasteiger partial charge >= 0.3 is 0 Å². The first-order chi connectivity index (χ1) is 6.81. The van der Waals surface area contributed by atoms with Crippen LogP contribution in [0.1, 0.15) is 31.4 Å². The molecular weight excluding hydrogens is 176 g/mol. The molecule has 1 heterocycles. The standard InChI is InChI=1S/C11H18N2O/c1-2-14-8-13-6-5-10(7-13)11(12)9-3-4-9/h5-7,9,11H,2-4,8,12H2,1H3. The zero-order valence-corrected chi connectivity index (χ0v) is 8.65. The van der Waals surface area contributed by atoms with Gasteiger partial charge in [-0.1, -0.05) is 0 Å². The van der Waals surface area contributed by atoms with Crippen LogP contribution in [-0.4, -0.2) is 11.2 Å². The summed E-state index contributed by atoms with van der Waals surface area (Å²) in [4.78, 5) is 0. The van der Waals surface area contributed by atoms with Gasteiger partial charge in [-0.3, -0.25) is 0 Å². The highest BCUT2D eigenvalue weighted by Crippen LogP contribution is 2.39. The Morgan fingerprint density at radius 1 is 1.64 bits per heavy atom. The summed E-state index contributed by atoms with van der Waals surface area (Å²) in [5.41, 5.74) is 7.33. The molecular formula is C11H18N2O. The average molecular weight is 194 g/mol. The number of rotatable bonds is 5. The topological polar surface area (TPSA) is 40.2 Å². The highest BCUT2D eigenvalue weighted by Gasteiger charge is 2.29. The predicted octanol–water partition coefficient (Wildman–Crippen LogP) is 1.89. The molecule has 3 nitrogen and oxygen atoms in total. The molecule has 0 radical (unpaired) electrons. The number of hydrogen-bond donors (Lipinski definition) is 1. The van der Waals surface area contributed by atoms with E-state index in [2.05, 4.69) is 12.3 Å². The third-order valence-electron chi connectivity index (χ3n) is 2.73. The van der Waals surface area contributed by atoms with Crippen LogP contribution in [0.25, 0.3) is 0 Å². The first kappa shape index (κ1) is 9.74. The summed E-state index contributed by atoms with van der Waals surface area (Å²) < 4.78 is 7.35. The minimum absolute atomic E-state index is 0.234. The van der Waals surface area contributed by atoms with Crippen LogP contribution in [0.4, 0.5) is 0 Å². The van der Waals surface area contributed by atoms with E-state index in [9.17, 15) is 0 Å². The van der Waals surface area contributed by atoms with Crippen molar-refractivity contribution in [3.63, 3.8) is 0 Å². The van der Waals surface area contributed by atoms with Crippen LogP contribution in [0.2, 0.25) is 0 Å². The lowest BCUT2D eigenvalue weighted by atomic mass is 10.1. The third kappa shape index (κ3) is 2.16. The minimum atomic E-state index is 0.234. The van der Waals surface area contributed by atoms with Gasteiger partial charge < -0.3 is 15.0 Å². The first-order valence-corrected chi connectivity index (χ1v) is 5.30. The maximum Gasteiger partial charge on any atom is 0.122 e. The molecule has 14 heavy (non-hydrogen) atoms. The quantitative estimate of drug-likeness (QED) is 0.777. The number of nitrogens with two attached hydrogens (primary N) is 1. The average Bonchev–Trinajstić information content (AvgIpc) is 2.94. The van der Waals surface area contributed by atoms with Crippen molar-refractivity contribution in [2.24, 2.45) is 11.7 Å². The molecule has 1 aromatic rings. The van der Waals surface area contributed by atoms with Crippen LogP contribution >= 0.6 is 0 Å². The van der Waals surface area contributed by atoms with Gasteiger partial charge in [0.15, 0.2) is 0 Å².